The molecule has 0 saturated carbocycles. The summed E-state index contributed by atoms with van der Waals surface area (Å²) in [7, 11) is 0. The maximum absolute atomic E-state index is 5.00. The summed E-state index contributed by atoms with van der Waals surface area (Å²) < 4.78 is 0. The van der Waals surface area contributed by atoms with E-state index in [1.165, 1.54) is 0 Å². The minimum Gasteiger partial charge on any atom is -0.214 e. The Hall–Kier alpha value is -0.127. The van der Waals surface area contributed by atoms with Gasteiger partial charge in [-0.3, -0.25) is 0 Å². The molecular formula is C12H15ClZr. The third-order valence-electron chi connectivity index (χ3n) is 1.11. The molecule has 0 spiro atoms. The van der Waals surface area contributed by atoms with Crippen molar-refractivity contribution in [1.82, 2.24) is 0 Å². The molecule has 2 aromatic carbocycles. The van der Waals surface area contributed by atoms with Crippen LogP contribution in [-0.2, 0) is 26.2 Å². The first-order valence-corrected chi connectivity index (χ1v) is 4.84. The largest absolute Gasteiger partial charge is 2.00 e. The minimum absolute atomic E-state index is 0. The summed E-state index contributed by atoms with van der Waals surface area (Å²) in [6.45, 7) is 1.89. The van der Waals surface area contributed by atoms with E-state index in [0.717, 1.165) is 5.88 Å². The first kappa shape index (κ1) is 16.3. The first-order valence-electron chi connectivity index (χ1n) is 4.31. The van der Waals surface area contributed by atoms with Crippen LogP contribution in [-0.4, -0.2) is 5.88 Å². The van der Waals surface area contributed by atoms with Crippen LogP contribution in [0.5, 0.6) is 0 Å². The fourth-order valence-corrected chi connectivity index (χ4v) is 0.642. The van der Waals surface area contributed by atoms with E-state index in [9.17, 15) is 0 Å². The molecule has 2 heteroatoms. The molecule has 0 radical (unpaired) electrons. The molecule has 0 N–H and O–H groups in total. The Bertz CT molecular complexity index is 162. The van der Waals surface area contributed by atoms with Crippen LogP contribution in [0.25, 0.3) is 0 Å². The van der Waals surface area contributed by atoms with Crippen molar-refractivity contribution in [2.75, 3.05) is 5.88 Å². The zero-order valence-electron chi connectivity index (χ0n) is 8.36. The Morgan fingerprint density at radius 2 is 1.07 bits per heavy atom. The fourth-order valence-electron chi connectivity index (χ4n) is 0.642. The SMILES string of the molecule is CCCl.[Zr+2].c1cc[cH-]c1.c1cc[cH-]c1. The van der Waals surface area contributed by atoms with Gasteiger partial charge in [0.1, 0.15) is 0 Å². The van der Waals surface area contributed by atoms with E-state index >= 15 is 0 Å². The summed E-state index contributed by atoms with van der Waals surface area (Å²) >= 11 is 5.00. The third-order valence-corrected chi connectivity index (χ3v) is 1.11. The van der Waals surface area contributed by atoms with Gasteiger partial charge in [-0.25, -0.2) is 24.3 Å². The topological polar surface area (TPSA) is 0 Å². The second-order valence-electron chi connectivity index (χ2n) is 2.19. The molecule has 0 bridgehead atoms. The van der Waals surface area contributed by atoms with Gasteiger partial charge in [0.25, 0.3) is 0 Å². The molecule has 14 heavy (non-hydrogen) atoms. The molecule has 74 valence electrons. The van der Waals surface area contributed by atoms with Gasteiger partial charge < -0.3 is 0 Å². The Morgan fingerprint density at radius 3 is 1.14 bits per heavy atom. The summed E-state index contributed by atoms with van der Waals surface area (Å²) in [6, 6.07) is 20.0. The van der Waals surface area contributed by atoms with Crippen LogP contribution < -0.4 is 0 Å². The van der Waals surface area contributed by atoms with Crippen LogP contribution >= 0.6 is 11.6 Å². The predicted molar refractivity (Wildman–Crippen MR) is 60.5 cm³/mol. The van der Waals surface area contributed by atoms with Gasteiger partial charge in [-0.05, 0) is 0 Å². The summed E-state index contributed by atoms with van der Waals surface area (Å²) in [5.41, 5.74) is 0. The van der Waals surface area contributed by atoms with E-state index in [0.29, 0.717) is 0 Å². The quantitative estimate of drug-likeness (QED) is 0.506. The third kappa shape index (κ3) is 14.4. The van der Waals surface area contributed by atoms with Crippen molar-refractivity contribution in [2.45, 2.75) is 6.92 Å². The van der Waals surface area contributed by atoms with Crippen molar-refractivity contribution in [1.29, 1.82) is 0 Å². The van der Waals surface area contributed by atoms with Crippen LogP contribution in [0.2, 0.25) is 0 Å². The maximum atomic E-state index is 5.00. The standard InChI is InChI=1S/2C5H5.C2H5Cl.Zr/c2*1-2-4-5-3-1;1-2-3;/h2*1-5H;2H2,1H3;/q2*-1;;+2. The normalized spacial score (nSPS) is 7.00. The molecule has 0 unspecified atom stereocenters. The number of halogens is 1. The van der Waals surface area contributed by atoms with Gasteiger partial charge in [0, 0.05) is 5.88 Å². The van der Waals surface area contributed by atoms with E-state index in [4.69, 9.17) is 11.6 Å². The Balaban J connectivity index is 0. The molecule has 0 aliphatic heterocycles. The van der Waals surface area contributed by atoms with Crippen molar-refractivity contribution >= 4 is 11.6 Å². The molecule has 0 aliphatic carbocycles. The summed E-state index contributed by atoms with van der Waals surface area (Å²) in [5, 5.41) is 0. The van der Waals surface area contributed by atoms with Gasteiger partial charge in [-0.1, -0.05) is 6.92 Å². The molecule has 0 saturated heterocycles. The Kier molecular flexibility index (Phi) is 17.9. The van der Waals surface area contributed by atoms with E-state index < -0.39 is 0 Å². The van der Waals surface area contributed by atoms with Gasteiger partial charge in [0.15, 0.2) is 0 Å². The zero-order valence-corrected chi connectivity index (χ0v) is 11.6. The first-order chi connectivity index (χ1) is 6.41. The van der Waals surface area contributed by atoms with Crippen LogP contribution in [0.4, 0.5) is 0 Å². The number of rotatable bonds is 0. The van der Waals surface area contributed by atoms with Gasteiger partial charge >= 0.3 is 26.2 Å². The Morgan fingerprint density at radius 1 is 0.857 bits per heavy atom. The molecule has 0 aromatic heterocycles. The van der Waals surface area contributed by atoms with Crippen molar-refractivity contribution in [3.63, 3.8) is 0 Å². The van der Waals surface area contributed by atoms with Crippen molar-refractivity contribution in [2.24, 2.45) is 0 Å². The summed E-state index contributed by atoms with van der Waals surface area (Å²) in [5.74, 6) is 0.722. The Labute approximate surface area is 111 Å². The number of hydrogen-bond acceptors (Lipinski definition) is 0. The molecule has 0 fully saturated rings. The second-order valence-corrected chi connectivity index (χ2v) is 2.73. The molecule has 0 aliphatic rings. The smallest absolute Gasteiger partial charge is 0.214 e. The molecule has 2 rings (SSSR count). The number of alkyl halides is 1. The second kappa shape index (κ2) is 15.3. The fraction of sp³-hybridized carbons (Fsp3) is 0.167. The average Bonchev–Trinajstić information content (AvgIpc) is 2.85. The van der Waals surface area contributed by atoms with Crippen LogP contribution in [0, 0.1) is 0 Å². The van der Waals surface area contributed by atoms with Crippen LogP contribution in [0.1, 0.15) is 6.92 Å². The van der Waals surface area contributed by atoms with Gasteiger partial charge in [-0.2, -0.15) is 36.4 Å². The maximum Gasteiger partial charge on any atom is 2.00 e. The van der Waals surface area contributed by atoms with Gasteiger partial charge in [0.05, 0.1) is 0 Å². The summed E-state index contributed by atoms with van der Waals surface area (Å²) in [6.07, 6.45) is 0. The average molecular weight is 286 g/mol. The van der Waals surface area contributed by atoms with E-state index in [-0.39, 0.29) is 26.2 Å². The van der Waals surface area contributed by atoms with E-state index in [1.807, 2.05) is 67.6 Å². The molecule has 0 atom stereocenters. The van der Waals surface area contributed by atoms with E-state index in [2.05, 4.69) is 0 Å². The monoisotopic (exact) mass is 284 g/mol. The van der Waals surface area contributed by atoms with Gasteiger partial charge in [-0.15, -0.1) is 11.6 Å². The molecule has 2 aromatic rings. The van der Waals surface area contributed by atoms with Crippen molar-refractivity contribution < 1.29 is 26.2 Å². The van der Waals surface area contributed by atoms with Crippen LogP contribution in [0.3, 0.4) is 0 Å². The van der Waals surface area contributed by atoms with E-state index in [1.54, 1.807) is 0 Å². The predicted octanol–water partition coefficient (Wildman–Crippen LogP) is 4.05. The number of hydrogen-bond donors (Lipinski definition) is 0. The minimum atomic E-state index is 0. The van der Waals surface area contributed by atoms with Crippen molar-refractivity contribution in [3.05, 3.63) is 60.7 Å². The molecule has 0 amide bonds. The van der Waals surface area contributed by atoms with Crippen LogP contribution in [0.15, 0.2) is 60.7 Å². The molecular weight excluding hydrogens is 271 g/mol. The zero-order chi connectivity index (χ0) is 9.78. The van der Waals surface area contributed by atoms with Gasteiger partial charge in [0.2, 0.25) is 0 Å². The van der Waals surface area contributed by atoms with Crippen molar-refractivity contribution in [3.8, 4) is 0 Å². The molecule has 0 heterocycles. The summed E-state index contributed by atoms with van der Waals surface area (Å²) in [4.78, 5) is 0. The molecule has 0 nitrogen and oxygen atoms in total.